The van der Waals surface area contributed by atoms with Crippen LogP contribution < -0.4 is 16.0 Å². The fourth-order valence-corrected chi connectivity index (χ4v) is 5.14. The highest BCUT2D eigenvalue weighted by Crippen LogP contribution is 2.30. The van der Waals surface area contributed by atoms with Crippen molar-refractivity contribution in [2.75, 3.05) is 13.1 Å². The van der Waals surface area contributed by atoms with Crippen molar-refractivity contribution < 1.29 is 14.4 Å². The van der Waals surface area contributed by atoms with Gasteiger partial charge in [-0.05, 0) is 60.7 Å². The van der Waals surface area contributed by atoms with Gasteiger partial charge in [0, 0.05) is 31.1 Å². The number of nitrogens with one attached hydrogen (secondary N) is 3. The van der Waals surface area contributed by atoms with Crippen molar-refractivity contribution in [1.82, 2.24) is 20.9 Å². The summed E-state index contributed by atoms with van der Waals surface area (Å²) in [5, 5.41) is 9.52. The van der Waals surface area contributed by atoms with Gasteiger partial charge in [0.2, 0.25) is 11.8 Å². The molecule has 32 heavy (non-hydrogen) atoms. The Kier molecular flexibility index (Phi) is 5.76. The minimum Gasteiger partial charge on any atom is -0.322 e. The number of hydrogen-bond donors (Lipinski definition) is 3. The zero-order chi connectivity index (χ0) is 22.1. The zero-order valence-electron chi connectivity index (χ0n) is 18.0. The molecule has 0 saturated carbocycles. The molecule has 3 heterocycles. The van der Waals surface area contributed by atoms with E-state index in [2.05, 4.69) is 40.2 Å². The Bertz CT molecular complexity index is 1070. The van der Waals surface area contributed by atoms with Crippen LogP contribution in [0.4, 0.5) is 0 Å². The van der Waals surface area contributed by atoms with Gasteiger partial charge in [0.25, 0.3) is 5.91 Å². The molecule has 3 N–H and O–H groups in total. The van der Waals surface area contributed by atoms with Crippen molar-refractivity contribution in [3.63, 3.8) is 0 Å². The van der Waals surface area contributed by atoms with Crippen LogP contribution in [0.5, 0.6) is 0 Å². The fraction of sp³-hybridized carbons (Fsp3) is 0.400. The molecule has 3 aliphatic rings. The highest BCUT2D eigenvalue weighted by atomic mass is 16.2. The molecule has 2 aromatic rings. The molecule has 7 heteroatoms. The first-order chi connectivity index (χ1) is 15.6. The van der Waals surface area contributed by atoms with Crippen molar-refractivity contribution >= 4 is 17.7 Å². The zero-order valence-corrected chi connectivity index (χ0v) is 18.0. The predicted molar refractivity (Wildman–Crippen MR) is 120 cm³/mol. The minimum atomic E-state index is -0.578. The molecule has 166 valence electrons. The van der Waals surface area contributed by atoms with Gasteiger partial charge >= 0.3 is 0 Å². The molecule has 0 aliphatic carbocycles. The van der Waals surface area contributed by atoms with Crippen molar-refractivity contribution in [2.24, 2.45) is 0 Å². The van der Waals surface area contributed by atoms with Gasteiger partial charge in [0.1, 0.15) is 6.04 Å². The Morgan fingerprint density at radius 2 is 1.91 bits per heavy atom. The third-order valence-electron chi connectivity index (χ3n) is 6.82. The van der Waals surface area contributed by atoms with Crippen LogP contribution in [0.3, 0.4) is 0 Å². The molecule has 0 radical (unpaired) electrons. The SMILES string of the molecule is O=C1CCC(N2Cc3c(CNCCC4NCCc5ccccc54)cccc3C2=O)C(=O)N1. The second kappa shape index (κ2) is 8.84. The number of piperidine rings is 1. The summed E-state index contributed by atoms with van der Waals surface area (Å²) in [6.07, 6.45) is 2.72. The molecule has 5 rings (SSSR count). The first-order valence-corrected chi connectivity index (χ1v) is 11.4. The molecule has 2 aromatic carbocycles. The van der Waals surface area contributed by atoms with Crippen LogP contribution >= 0.6 is 0 Å². The lowest BCUT2D eigenvalue weighted by atomic mass is 9.92. The van der Waals surface area contributed by atoms with E-state index >= 15 is 0 Å². The summed E-state index contributed by atoms with van der Waals surface area (Å²) >= 11 is 0. The maximum absolute atomic E-state index is 13.0. The molecule has 7 nitrogen and oxygen atoms in total. The molecule has 3 amide bonds. The predicted octanol–water partition coefficient (Wildman–Crippen LogP) is 1.81. The van der Waals surface area contributed by atoms with Crippen molar-refractivity contribution in [1.29, 1.82) is 0 Å². The molecule has 0 aromatic heterocycles. The number of nitrogens with zero attached hydrogens (tertiary/aromatic N) is 1. The van der Waals surface area contributed by atoms with E-state index in [1.54, 1.807) is 4.90 Å². The van der Waals surface area contributed by atoms with E-state index < -0.39 is 6.04 Å². The van der Waals surface area contributed by atoms with E-state index in [0.29, 0.717) is 31.1 Å². The first kappa shape index (κ1) is 20.8. The van der Waals surface area contributed by atoms with Crippen molar-refractivity contribution in [2.45, 2.75) is 50.9 Å². The molecule has 1 fully saturated rings. The third kappa shape index (κ3) is 3.94. The van der Waals surface area contributed by atoms with Crippen LogP contribution in [0.1, 0.15) is 57.9 Å². The second-order valence-electron chi connectivity index (χ2n) is 8.76. The van der Waals surface area contributed by atoms with Gasteiger partial charge in [-0.25, -0.2) is 0 Å². The number of carbonyl (C=O) groups is 3. The lowest BCUT2D eigenvalue weighted by molar-refractivity contribution is -0.136. The van der Waals surface area contributed by atoms with Crippen LogP contribution in [0.25, 0.3) is 0 Å². The number of amides is 3. The summed E-state index contributed by atoms with van der Waals surface area (Å²) in [6.45, 7) is 2.95. The van der Waals surface area contributed by atoms with Gasteiger partial charge in [0.05, 0.1) is 0 Å². The van der Waals surface area contributed by atoms with E-state index in [9.17, 15) is 14.4 Å². The van der Waals surface area contributed by atoms with Crippen molar-refractivity contribution in [3.8, 4) is 0 Å². The Morgan fingerprint density at radius 3 is 2.78 bits per heavy atom. The second-order valence-corrected chi connectivity index (χ2v) is 8.76. The van der Waals surface area contributed by atoms with Gasteiger partial charge in [-0.2, -0.15) is 0 Å². The fourth-order valence-electron chi connectivity index (χ4n) is 5.14. The normalized spacial score (nSPS) is 22.5. The molecule has 2 atom stereocenters. The topological polar surface area (TPSA) is 90.5 Å². The van der Waals surface area contributed by atoms with Crippen LogP contribution in [-0.2, 0) is 29.1 Å². The maximum atomic E-state index is 13.0. The highest BCUT2D eigenvalue weighted by molar-refractivity contribution is 6.05. The molecule has 1 saturated heterocycles. The Balaban J connectivity index is 1.21. The van der Waals surface area contributed by atoms with Gasteiger partial charge < -0.3 is 15.5 Å². The third-order valence-corrected chi connectivity index (χ3v) is 6.82. The molecule has 0 spiro atoms. The average Bonchev–Trinajstić information content (AvgIpc) is 3.14. The quantitative estimate of drug-likeness (QED) is 0.479. The summed E-state index contributed by atoms with van der Waals surface area (Å²) in [6, 6.07) is 14.2. The maximum Gasteiger partial charge on any atom is 0.255 e. The van der Waals surface area contributed by atoms with E-state index in [-0.39, 0.29) is 24.1 Å². The number of rotatable bonds is 6. The highest BCUT2D eigenvalue weighted by Gasteiger charge is 2.39. The largest absolute Gasteiger partial charge is 0.322 e. The monoisotopic (exact) mass is 432 g/mol. The lowest BCUT2D eigenvalue weighted by Crippen LogP contribution is -2.52. The molecular weight excluding hydrogens is 404 g/mol. The van der Waals surface area contributed by atoms with Crippen LogP contribution in [-0.4, -0.2) is 41.8 Å². The molecule has 0 bridgehead atoms. The van der Waals surface area contributed by atoms with Gasteiger partial charge in [0.15, 0.2) is 0 Å². The number of hydrogen-bond acceptors (Lipinski definition) is 5. The average molecular weight is 433 g/mol. The Morgan fingerprint density at radius 1 is 1.03 bits per heavy atom. The van der Waals surface area contributed by atoms with E-state index in [4.69, 9.17) is 0 Å². The number of benzene rings is 2. The number of fused-ring (bicyclic) bond motifs is 2. The number of imide groups is 1. The Hall–Kier alpha value is -3.03. The van der Waals surface area contributed by atoms with E-state index in [0.717, 1.165) is 37.1 Å². The van der Waals surface area contributed by atoms with E-state index in [1.807, 2.05) is 18.2 Å². The van der Waals surface area contributed by atoms with E-state index in [1.165, 1.54) is 11.1 Å². The van der Waals surface area contributed by atoms with Crippen LogP contribution in [0, 0.1) is 0 Å². The first-order valence-electron chi connectivity index (χ1n) is 11.4. The number of carbonyl (C=O) groups excluding carboxylic acids is 3. The minimum absolute atomic E-state index is 0.126. The van der Waals surface area contributed by atoms with Crippen LogP contribution in [0.2, 0.25) is 0 Å². The summed E-state index contributed by atoms with van der Waals surface area (Å²) in [7, 11) is 0. The molecular formula is C25H28N4O3. The Labute approximate surface area is 187 Å². The smallest absolute Gasteiger partial charge is 0.255 e. The van der Waals surface area contributed by atoms with Crippen molar-refractivity contribution in [3.05, 3.63) is 70.3 Å². The molecule has 2 unspecified atom stereocenters. The van der Waals surface area contributed by atoms with Gasteiger partial charge in [-0.3, -0.25) is 19.7 Å². The summed E-state index contributed by atoms with van der Waals surface area (Å²) in [5.41, 5.74) is 5.56. The summed E-state index contributed by atoms with van der Waals surface area (Å²) in [4.78, 5) is 38.3. The standard InChI is InChI=1S/C25H28N4O3/c30-23-9-8-22(24(31)28-23)29-15-20-17(5-3-7-19(20)25(29)32)14-26-12-11-21-18-6-2-1-4-16(18)10-13-27-21/h1-7,21-22,26-27H,8-15H2,(H,28,30,31). The van der Waals surface area contributed by atoms with Gasteiger partial charge in [-0.15, -0.1) is 0 Å². The summed E-state index contributed by atoms with van der Waals surface area (Å²) < 4.78 is 0. The van der Waals surface area contributed by atoms with Crippen LogP contribution in [0.15, 0.2) is 42.5 Å². The molecule has 3 aliphatic heterocycles. The lowest BCUT2D eigenvalue weighted by Gasteiger charge is -2.29. The van der Waals surface area contributed by atoms with Gasteiger partial charge in [-0.1, -0.05) is 36.4 Å². The summed E-state index contributed by atoms with van der Waals surface area (Å²) in [5.74, 6) is -0.767.